The van der Waals surface area contributed by atoms with E-state index in [1.54, 1.807) is 4.90 Å². The maximum Gasteiger partial charge on any atom is 0.256 e. The molecule has 2 rings (SSSR count). The standard InChI is InChI=1S/C15H18ClN3O3S/c1-2-12(17)14-5-3-4-8-19(14)15(20)11-9-10(16)6-7-13(11)18-23(21)22/h2,6-7,9,14,17-18H,1,3-5,8H2,(H,21,22)/p-1. The van der Waals surface area contributed by atoms with Crippen LogP contribution >= 0.6 is 11.6 Å². The van der Waals surface area contributed by atoms with Crippen molar-refractivity contribution in [2.24, 2.45) is 0 Å². The van der Waals surface area contributed by atoms with Crippen LogP contribution in [-0.2, 0) is 11.3 Å². The molecule has 0 radical (unpaired) electrons. The summed E-state index contributed by atoms with van der Waals surface area (Å²) in [5.41, 5.74) is 0.620. The Morgan fingerprint density at radius 2 is 2.26 bits per heavy atom. The highest BCUT2D eigenvalue weighted by Crippen LogP contribution is 2.26. The fourth-order valence-corrected chi connectivity index (χ4v) is 3.19. The highest BCUT2D eigenvalue weighted by atomic mass is 35.5. The first-order chi connectivity index (χ1) is 10.9. The molecule has 1 aliphatic heterocycles. The largest absolute Gasteiger partial charge is 0.755 e. The van der Waals surface area contributed by atoms with Crippen LogP contribution in [0.3, 0.4) is 0 Å². The average Bonchev–Trinajstić information content (AvgIpc) is 2.54. The second-order valence-electron chi connectivity index (χ2n) is 5.20. The zero-order valence-electron chi connectivity index (χ0n) is 12.4. The molecule has 6 nitrogen and oxygen atoms in total. The Labute approximate surface area is 142 Å². The molecule has 2 unspecified atom stereocenters. The molecule has 1 aliphatic rings. The molecule has 1 amide bonds. The summed E-state index contributed by atoms with van der Waals surface area (Å²) in [6.45, 7) is 4.10. The minimum Gasteiger partial charge on any atom is -0.755 e. The number of hydrogen-bond donors (Lipinski definition) is 2. The van der Waals surface area contributed by atoms with E-state index in [0.29, 0.717) is 18.0 Å². The minimum atomic E-state index is -2.55. The van der Waals surface area contributed by atoms with E-state index < -0.39 is 11.3 Å². The number of halogens is 1. The third kappa shape index (κ3) is 4.19. The SMILES string of the molecule is C=CC(=N)C1CCCCN1C(=O)c1cc(Cl)ccc1NS(=O)[O-]. The fraction of sp³-hybridized carbons (Fsp3) is 0.333. The number of likely N-dealkylation sites (tertiary alicyclic amines) is 1. The molecular formula is C15H17ClN3O3S-. The molecule has 0 aromatic heterocycles. The third-order valence-corrected chi connectivity index (χ3v) is 4.37. The van der Waals surface area contributed by atoms with Gasteiger partial charge in [0.25, 0.3) is 5.91 Å². The molecule has 0 aliphatic carbocycles. The minimum absolute atomic E-state index is 0.169. The Balaban J connectivity index is 2.37. The maximum absolute atomic E-state index is 12.9. The van der Waals surface area contributed by atoms with E-state index in [0.717, 1.165) is 12.8 Å². The van der Waals surface area contributed by atoms with E-state index >= 15 is 0 Å². The number of carbonyl (C=O) groups excluding carboxylic acids is 1. The van der Waals surface area contributed by atoms with E-state index in [9.17, 15) is 13.6 Å². The number of anilines is 1. The number of carbonyl (C=O) groups is 1. The van der Waals surface area contributed by atoms with E-state index in [4.69, 9.17) is 17.0 Å². The van der Waals surface area contributed by atoms with Crippen molar-refractivity contribution in [3.05, 3.63) is 41.4 Å². The van der Waals surface area contributed by atoms with Gasteiger partial charge in [-0.25, -0.2) is 0 Å². The first-order valence-electron chi connectivity index (χ1n) is 7.11. The van der Waals surface area contributed by atoms with E-state index in [1.807, 2.05) is 0 Å². The Kier molecular flexibility index (Phi) is 5.92. The fourth-order valence-electron chi connectivity index (χ4n) is 2.66. The van der Waals surface area contributed by atoms with Gasteiger partial charge < -0.3 is 19.6 Å². The second-order valence-corrected chi connectivity index (χ2v) is 6.31. The number of piperidine rings is 1. The predicted octanol–water partition coefficient (Wildman–Crippen LogP) is 2.75. The van der Waals surface area contributed by atoms with Gasteiger partial charge in [-0.3, -0.25) is 9.00 Å². The number of nitrogens with one attached hydrogen (secondary N) is 2. The zero-order chi connectivity index (χ0) is 17.0. The van der Waals surface area contributed by atoms with Crippen molar-refractivity contribution in [3.63, 3.8) is 0 Å². The van der Waals surface area contributed by atoms with Gasteiger partial charge in [0.1, 0.15) is 0 Å². The van der Waals surface area contributed by atoms with Crippen molar-refractivity contribution < 1.29 is 13.6 Å². The molecule has 1 saturated heterocycles. The lowest BCUT2D eigenvalue weighted by molar-refractivity contribution is 0.0681. The van der Waals surface area contributed by atoms with Crippen LogP contribution in [0.4, 0.5) is 5.69 Å². The summed E-state index contributed by atoms with van der Waals surface area (Å²) in [7, 11) is 0. The molecule has 0 saturated carbocycles. The van der Waals surface area contributed by atoms with Crippen molar-refractivity contribution >= 4 is 40.2 Å². The lowest BCUT2D eigenvalue weighted by Gasteiger charge is -2.36. The smallest absolute Gasteiger partial charge is 0.256 e. The Hall–Kier alpha value is -1.70. The summed E-state index contributed by atoms with van der Waals surface area (Å²) < 4.78 is 24.0. The van der Waals surface area contributed by atoms with Crippen LogP contribution in [0.5, 0.6) is 0 Å². The van der Waals surface area contributed by atoms with E-state index in [2.05, 4.69) is 11.3 Å². The number of hydrogen-bond acceptors (Lipinski definition) is 4. The first kappa shape index (κ1) is 17.7. The van der Waals surface area contributed by atoms with E-state index in [-0.39, 0.29) is 28.9 Å². The average molecular weight is 355 g/mol. The van der Waals surface area contributed by atoms with Crippen molar-refractivity contribution in [2.75, 3.05) is 11.3 Å². The van der Waals surface area contributed by atoms with Crippen molar-refractivity contribution in [1.82, 2.24) is 4.90 Å². The molecule has 8 heteroatoms. The molecule has 1 aromatic rings. The second kappa shape index (κ2) is 7.72. The van der Waals surface area contributed by atoms with Crippen LogP contribution in [0, 0.1) is 5.41 Å². The van der Waals surface area contributed by atoms with Crippen molar-refractivity contribution in [2.45, 2.75) is 25.3 Å². The summed E-state index contributed by atoms with van der Waals surface area (Å²) >= 11 is 3.41. The van der Waals surface area contributed by atoms with Crippen LogP contribution in [0.1, 0.15) is 29.6 Å². The van der Waals surface area contributed by atoms with Gasteiger partial charge in [0.15, 0.2) is 0 Å². The van der Waals surface area contributed by atoms with Gasteiger partial charge in [0.2, 0.25) is 0 Å². The molecule has 0 bridgehead atoms. The Morgan fingerprint density at radius 1 is 1.52 bits per heavy atom. The highest BCUT2D eigenvalue weighted by Gasteiger charge is 2.30. The number of nitrogens with zero attached hydrogens (tertiary/aromatic N) is 1. The summed E-state index contributed by atoms with van der Waals surface area (Å²) in [6, 6.07) is 4.04. The molecule has 2 atom stereocenters. The van der Waals surface area contributed by atoms with Crippen LogP contribution in [0.2, 0.25) is 5.02 Å². The van der Waals surface area contributed by atoms with Gasteiger partial charge in [-0.15, -0.1) is 0 Å². The molecule has 1 heterocycles. The molecule has 2 N–H and O–H groups in total. The van der Waals surface area contributed by atoms with Gasteiger partial charge in [-0.1, -0.05) is 18.2 Å². The number of benzene rings is 1. The first-order valence-corrected chi connectivity index (χ1v) is 8.56. The molecule has 1 aromatic carbocycles. The van der Waals surface area contributed by atoms with Crippen LogP contribution in [0.25, 0.3) is 0 Å². The lowest BCUT2D eigenvalue weighted by atomic mass is 9.96. The normalized spacial score (nSPS) is 19.0. The zero-order valence-corrected chi connectivity index (χ0v) is 14.0. The van der Waals surface area contributed by atoms with Crippen LogP contribution in [0.15, 0.2) is 30.9 Å². The molecule has 1 fully saturated rings. The summed E-state index contributed by atoms with van der Waals surface area (Å²) in [6.07, 6.45) is 3.88. The van der Waals surface area contributed by atoms with Gasteiger partial charge in [0, 0.05) is 22.8 Å². The van der Waals surface area contributed by atoms with Gasteiger partial charge in [-0.2, -0.15) is 0 Å². The topological polar surface area (TPSA) is 96.3 Å². The highest BCUT2D eigenvalue weighted by molar-refractivity contribution is 7.80. The maximum atomic E-state index is 12.9. The van der Waals surface area contributed by atoms with Crippen molar-refractivity contribution in [3.8, 4) is 0 Å². The Morgan fingerprint density at radius 3 is 2.91 bits per heavy atom. The van der Waals surface area contributed by atoms with Crippen molar-refractivity contribution in [1.29, 1.82) is 5.41 Å². The lowest BCUT2D eigenvalue weighted by Crippen LogP contribution is -2.47. The predicted molar refractivity (Wildman–Crippen MR) is 90.6 cm³/mol. The van der Waals surface area contributed by atoms with Gasteiger partial charge >= 0.3 is 0 Å². The molecular weight excluding hydrogens is 338 g/mol. The summed E-state index contributed by atoms with van der Waals surface area (Å²) in [5, 5.41) is 8.31. The van der Waals surface area contributed by atoms with Crippen LogP contribution < -0.4 is 4.72 Å². The van der Waals surface area contributed by atoms with Gasteiger partial charge in [0.05, 0.1) is 23.0 Å². The summed E-state index contributed by atoms with van der Waals surface area (Å²) in [5.74, 6) is -0.350. The molecule has 124 valence electrons. The molecule has 0 spiro atoms. The molecule has 23 heavy (non-hydrogen) atoms. The monoisotopic (exact) mass is 354 g/mol. The third-order valence-electron chi connectivity index (χ3n) is 3.75. The van der Waals surface area contributed by atoms with Crippen LogP contribution in [-0.4, -0.2) is 37.9 Å². The number of amides is 1. The summed E-state index contributed by atoms with van der Waals surface area (Å²) in [4.78, 5) is 14.5. The van der Waals surface area contributed by atoms with E-state index in [1.165, 1.54) is 24.3 Å². The van der Waals surface area contributed by atoms with Gasteiger partial charge in [-0.05, 0) is 43.5 Å². The number of rotatable bonds is 5. The quantitative estimate of drug-likeness (QED) is 0.628. The Bertz CT molecular complexity index is 665.